The van der Waals surface area contributed by atoms with Crippen LogP contribution in [0.3, 0.4) is 0 Å². The summed E-state index contributed by atoms with van der Waals surface area (Å²) in [4.78, 5) is 23.0. The average molecular weight is 420 g/mol. The van der Waals surface area contributed by atoms with Crippen molar-refractivity contribution >= 4 is 33.6 Å². The molecule has 2 aromatic rings. The number of halogens is 1. The maximum atomic E-state index is 12.2. The Hall–Kier alpha value is -2.54. The molecule has 0 aliphatic rings. The Kier molecular flexibility index (Phi) is 7.03. The van der Waals surface area contributed by atoms with Crippen molar-refractivity contribution in [2.75, 3.05) is 12.4 Å². The van der Waals surface area contributed by atoms with Gasteiger partial charge >= 0.3 is 6.03 Å². The van der Waals surface area contributed by atoms with Gasteiger partial charge in [-0.1, -0.05) is 18.2 Å². The highest BCUT2D eigenvalue weighted by atomic mass is 79.9. The second-order valence-electron chi connectivity index (χ2n) is 5.87. The Morgan fingerprint density at radius 1 is 1.19 bits per heavy atom. The third-order valence-electron chi connectivity index (χ3n) is 3.91. The largest absolute Gasteiger partial charge is 0.496 e. The Balaban J connectivity index is 1.86. The number of hydrogen-bond acceptors (Lipinski definition) is 3. The van der Waals surface area contributed by atoms with E-state index in [1.807, 2.05) is 37.3 Å². The second kappa shape index (κ2) is 9.24. The normalized spacial score (nSPS) is 11.5. The molecule has 0 saturated carbocycles. The van der Waals surface area contributed by atoms with E-state index in [0.29, 0.717) is 18.5 Å². The quantitative estimate of drug-likeness (QED) is 0.637. The van der Waals surface area contributed by atoms with E-state index < -0.39 is 6.03 Å². The number of carbonyl (C=O) groups is 2. The van der Waals surface area contributed by atoms with Crippen molar-refractivity contribution in [1.29, 1.82) is 0 Å². The monoisotopic (exact) mass is 419 g/mol. The average Bonchev–Trinajstić information content (AvgIpc) is 2.60. The Labute approximate surface area is 161 Å². The molecule has 3 amide bonds. The van der Waals surface area contributed by atoms with E-state index in [0.717, 1.165) is 21.3 Å². The van der Waals surface area contributed by atoms with Crippen LogP contribution in [-0.2, 0) is 11.2 Å². The number of nitrogens with two attached hydrogens (primary N) is 1. The number of amides is 3. The SMILES string of the molecule is COc1ccc(CCC(=O)NC(C)c2ccc(NC(N)=O)cc2)cc1Br. The predicted molar refractivity (Wildman–Crippen MR) is 105 cm³/mol. The van der Waals surface area contributed by atoms with Crippen LogP contribution in [0.15, 0.2) is 46.9 Å². The maximum absolute atomic E-state index is 12.2. The van der Waals surface area contributed by atoms with E-state index in [1.165, 1.54) is 0 Å². The van der Waals surface area contributed by atoms with Crippen LogP contribution in [0.2, 0.25) is 0 Å². The molecule has 0 saturated heterocycles. The number of aryl methyl sites for hydroxylation is 1. The minimum absolute atomic E-state index is 0.0243. The summed E-state index contributed by atoms with van der Waals surface area (Å²) in [6, 6.07) is 12.2. The second-order valence-corrected chi connectivity index (χ2v) is 6.72. The zero-order valence-electron chi connectivity index (χ0n) is 14.7. The molecule has 0 radical (unpaired) electrons. The maximum Gasteiger partial charge on any atom is 0.316 e. The summed E-state index contributed by atoms with van der Waals surface area (Å²) in [5, 5.41) is 5.48. The summed E-state index contributed by atoms with van der Waals surface area (Å²) >= 11 is 3.45. The molecule has 7 heteroatoms. The number of nitrogens with one attached hydrogen (secondary N) is 2. The Bertz CT molecular complexity index is 778. The van der Waals surface area contributed by atoms with E-state index >= 15 is 0 Å². The summed E-state index contributed by atoms with van der Waals surface area (Å²) < 4.78 is 6.07. The number of urea groups is 1. The first-order valence-electron chi connectivity index (χ1n) is 8.17. The topological polar surface area (TPSA) is 93.4 Å². The Morgan fingerprint density at radius 2 is 1.88 bits per heavy atom. The first-order valence-corrected chi connectivity index (χ1v) is 8.96. The summed E-state index contributed by atoms with van der Waals surface area (Å²) in [6.07, 6.45) is 1.03. The molecule has 4 N–H and O–H groups in total. The molecule has 2 aromatic carbocycles. The molecule has 1 atom stereocenters. The molecule has 6 nitrogen and oxygen atoms in total. The zero-order chi connectivity index (χ0) is 19.1. The number of primary amides is 1. The van der Waals surface area contributed by atoms with Crippen molar-refractivity contribution in [1.82, 2.24) is 5.32 Å². The zero-order valence-corrected chi connectivity index (χ0v) is 16.3. The van der Waals surface area contributed by atoms with E-state index in [9.17, 15) is 9.59 Å². The van der Waals surface area contributed by atoms with Gasteiger partial charge in [0.2, 0.25) is 5.91 Å². The van der Waals surface area contributed by atoms with Crippen LogP contribution in [-0.4, -0.2) is 19.0 Å². The van der Waals surface area contributed by atoms with Gasteiger partial charge in [0.05, 0.1) is 17.6 Å². The van der Waals surface area contributed by atoms with Crippen LogP contribution in [0.25, 0.3) is 0 Å². The fourth-order valence-electron chi connectivity index (χ4n) is 2.52. The summed E-state index contributed by atoms with van der Waals surface area (Å²) in [5.41, 5.74) is 7.70. The standard InChI is InChI=1S/C19H22BrN3O3/c1-12(14-5-7-15(8-6-14)23-19(21)25)22-18(24)10-4-13-3-9-17(26-2)16(20)11-13/h3,5-9,11-12H,4,10H2,1-2H3,(H,22,24)(H3,21,23,25). The number of carbonyl (C=O) groups excluding carboxylic acids is 2. The number of methoxy groups -OCH3 is 1. The van der Waals surface area contributed by atoms with Crippen LogP contribution >= 0.6 is 15.9 Å². The highest BCUT2D eigenvalue weighted by Gasteiger charge is 2.10. The number of benzene rings is 2. The van der Waals surface area contributed by atoms with Crippen LogP contribution < -0.4 is 21.1 Å². The van der Waals surface area contributed by atoms with Gasteiger partial charge in [-0.05, 0) is 64.7 Å². The highest BCUT2D eigenvalue weighted by molar-refractivity contribution is 9.10. The van der Waals surface area contributed by atoms with Crippen LogP contribution in [0.1, 0.15) is 30.5 Å². The molecule has 138 valence electrons. The van der Waals surface area contributed by atoms with Crippen LogP contribution in [0, 0.1) is 0 Å². The molecule has 0 bridgehead atoms. The third-order valence-corrected chi connectivity index (χ3v) is 4.53. The van der Waals surface area contributed by atoms with Crippen molar-refractivity contribution in [3.8, 4) is 5.75 Å². The molecule has 26 heavy (non-hydrogen) atoms. The van der Waals surface area contributed by atoms with Crippen molar-refractivity contribution < 1.29 is 14.3 Å². The van der Waals surface area contributed by atoms with Gasteiger partial charge in [0.1, 0.15) is 5.75 Å². The van der Waals surface area contributed by atoms with Crippen molar-refractivity contribution in [2.45, 2.75) is 25.8 Å². The van der Waals surface area contributed by atoms with Crippen LogP contribution in [0.4, 0.5) is 10.5 Å². The lowest BCUT2D eigenvalue weighted by molar-refractivity contribution is -0.121. The van der Waals surface area contributed by atoms with Gasteiger partial charge in [-0.25, -0.2) is 4.79 Å². The summed E-state index contributed by atoms with van der Waals surface area (Å²) in [5.74, 6) is 0.741. The molecule has 2 rings (SSSR count). The van der Waals surface area contributed by atoms with Gasteiger partial charge in [0, 0.05) is 12.1 Å². The Morgan fingerprint density at radius 3 is 2.46 bits per heavy atom. The fraction of sp³-hybridized carbons (Fsp3) is 0.263. The summed E-state index contributed by atoms with van der Waals surface area (Å²) in [7, 11) is 1.62. The lowest BCUT2D eigenvalue weighted by atomic mass is 10.1. The van der Waals surface area contributed by atoms with Crippen molar-refractivity contribution in [2.24, 2.45) is 5.73 Å². The van der Waals surface area contributed by atoms with Gasteiger partial charge in [-0.15, -0.1) is 0 Å². The van der Waals surface area contributed by atoms with Crippen molar-refractivity contribution in [3.05, 3.63) is 58.1 Å². The van der Waals surface area contributed by atoms with E-state index in [-0.39, 0.29) is 11.9 Å². The number of rotatable bonds is 7. The van der Waals surface area contributed by atoms with Gasteiger partial charge in [-0.3, -0.25) is 4.79 Å². The lowest BCUT2D eigenvalue weighted by Crippen LogP contribution is -2.26. The molecule has 0 heterocycles. The number of anilines is 1. The van der Waals surface area contributed by atoms with E-state index in [4.69, 9.17) is 10.5 Å². The summed E-state index contributed by atoms with van der Waals surface area (Å²) in [6.45, 7) is 1.92. The molecule has 0 aromatic heterocycles. The fourth-order valence-corrected chi connectivity index (χ4v) is 3.11. The molecular weight excluding hydrogens is 398 g/mol. The smallest absolute Gasteiger partial charge is 0.316 e. The number of hydrogen-bond donors (Lipinski definition) is 3. The molecule has 1 unspecified atom stereocenters. The van der Waals surface area contributed by atoms with Gasteiger partial charge in [-0.2, -0.15) is 0 Å². The molecule has 0 aliphatic carbocycles. The van der Waals surface area contributed by atoms with Gasteiger partial charge in [0.25, 0.3) is 0 Å². The van der Waals surface area contributed by atoms with Gasteiger partial charge in [0.15, 0.2) is 0 Å². The highest BCUT2D eigenvalue weighted by Crippen LogP contribution is 2.26. The number of ether oxygens (including phenoxy) is 1. The lowest BCUT2D eigenvalue weighted by Gasteiger charge is -2.15. The first kappa shape index (κ1) is 19.8. The molecule has 0 aliphatic heterocycles. The third kappa shape index (κ3) is 5.77. The minimum atomic E-state index is -0.607. The molecular formula is C19H22BrN3O3. The predicted octanol–water partition coefficient (Wildman–Crippen LogP) is 3.76. The first-order chi connectivity index (χ1) is 12.4. The van der Waals surface area contributed by atoms with Crippen LogP contribution in [0.5, 0.6) is 5.75 Å². The van der Waals surface area contributed by atoms with E-state index in [2.05, 4.69) is 26.6 Å². The molecule has 0 spiro atoms. The minimum Gasteiger partial charge on any atom is -0.496 e. The van der Waals surface area contributed by atoms with Crippen molar-refractivity contribution in [3.63, 3.8) is 0 Å². The van der Waals surface area contributed by atoms with Gasteiger partial charge < -0.3 is 21.1 Å². The molecule has 0 fully saturated rings. The van der Waals surface area contributed by atoms with E-state index in [1.54, 1.807) is 19.2 Å².